The molecule has 3 aromatic rings. The Balaban J connectivity index is 2.23. The molecule has 0 saturated carbocycles. The summed E-state index contributed by atoms with van der Waals surface area (Å²) in [4.78, 5) is 24.3. The number of carbonyl (C=O) groups is 2. The molecule has 0 fully saturated rings. The fourth-order valence-electron chi connectivity index (χ4n) is 3.12. The molecule has 0 saturated heterocycles. The molecule has 0 spiro atoms. The number of carboxylic acid groups (broad SMARTS) is 1. The summed E-state index contributed by atoms with van der Waals surface area (Å²) in [6.45, 7) is 0. The molecule has 1 aliphatic carbocycles. The Hall–Kier alpha value is -2.36. The van der Waals surface area contributed by atoms with Gasteiger partial charge in [0.05, 0.1) is 5.56 Å². The molecule has 1 aliphatic rings. The summed E-state index contributed by atoms with van der Waals surface area (Å²) in [7, 11) is 0. The van der Waals surface area contributed by atoms with Crippen molar-refractivity contribution in [3.63, 3.8) is 0 Å². The lowest BCUT2D eigenvalue weighted by molar-refractivity contribution is 0.0693. The standard InChI is InChI=1S/C18H8Cl2O3/c19-9-1-3-11-8(5-9)6-14(18(22)23)16-15(11)13-7-10(20)2-4-12(13)17(16)21/h1-7H,(H,22,23). The maximum Gasteiger partial charge on any atom is 0.336 e. The van der Waals surface area contributed by atoms with Crippen LogP contribution in [0.5, 0.6) is 0 Å². The lowest BCUT2D eigenvalue weighted by atomic mass is 9.94. The van der Waals surface area contributed by atoms with Crippen LogP contribution in [0.25, 0.3) is 21.9 Å². The first-order valence-corrected chi connectivity index (χ1v) is 7.57. The third kappa shape index (κ3) is 1.97. The molecule has 1 N–H and O–H groups in total. The summed E-state index contributed by atoms with van der Waals surface area (Å²) >= 11 is 12.1. The highest BCUT2D eigenvalue weighted by Crippen LogP contribution is 2.44. The van der Waals surface area contributed by atoms with E-state index in [2.05, 4.69) is 0 Å². The van der Waals surface area contributed by atoms with Crippen molar-refractivity contribution in [1.82, 2.24) is 0 Å². The van der Waals surface area contributed by atoms with Crippen LogP contribution in [0.4, 0.5) is 0 Å². The normalized spacial score (nSPS) is 12.3. The topological polar surface area (TPSA) is 54.4 Å². The smallest absolute Gasteiger partial charge is 0.336 e. The van der Waals surface area contributed by atoms with Crippen molar-refractivity contribution in [3.8, 4) is 11.1 Å². The van der Waals surface area contributed by atoms with Crippen LogP contribution in [0.2, 0.25) is 10.0 Å². The Morgan fingerprint density at radius 2 is 1.57 bits per heavy atom. The maximum atomic E-state index is 12.7. The summed E-state index contributed by atoms with van der Waals surface area (Å²) in [6, 6.07) is 11.7. The van der Waals surface area contributed by atoms with Crippen molar-refractivity contribution in [2.75, 3.05) is 0 Å². The van der Waals surface area contributed by atoms with Gasteiger partial charge in [0.1, 0.15) is 0 Å². The van der Waals surface area contributed by atoms with Gasteiger partial charge in [-0.15, -0.1) is 0 Å². The number of carbonyl (C=O) groups excluding carboxylic acids is 1. The zero-order valence-corrected chi connectivity index (χ0v) is 13.1. The molecule has 0 bridgehead atoms. The van der Waals surface area contributed by atoms with E-state index in [1.165, 1.54) is 6.07 Å². The van der Waals surface area contributed by atoms with Gasteiger partial charge in [-0.1, -0.05) is 29.3 Å². The Labute approximate surface area is 141 Å². The average molecular weight is 343 g/mol. The lowest BCUT2D eigenvalue weighted by Crippen LogP contribution is -2.07. The molecular formula is C18H8Cl2O3. The van der Waals surface area contributed by atoms with Gasteiger partial charge in [0.2, 0.25) is 0 Å². The van der Waals surface area contributed by atoms with E-state index in [1.54, 1.807) is 36.4 Å². The number of carboxylic acids is 1. The second-order valence-electron chi connectivity index (χ2n) is 5.36. The van der Waals surface area contributed by atoms with Gasteiger partial charge < -0.3 is 5.11 Å². The number of hydrogen-bond acceptors (Lipinski definition) is 2. The van der Waals surface area contributed by atoms with E-state index in [1.807, 2.05) is 0 Å². The Kier molecular flexibility index (Phi) is 2.98. The molecule has 3 nitrogen and oxygen atoms in total. The summed E-state index contributed by atoms with van der Waals surface area (Å²) < 4.78 is 0. The van der Waals surface area contributed by atoms with Gasteiger partial charge in [-0.25, -0.2) is 4.79 Å². The van der Waals surface area contributed by atoms with Gasteiger partial charge in [0.25, 0.3) is 0 Å². The molecule has 4 rings (SSSR count). The van der Waals surface area contributed by atoms with E-state index < -0.39 is 5.97 Å². The molecule has 0 aromatic heterocycles. The van der Waals surface area contributed by atoms with Crippen molar-refractivity contribution in [2.24, 2.45) is 0 Å². The average Bonchev–Trinajstić information content (AvgIpc) is 2.79. The van der Waals surface area contributed by atoms with Gasteiger partial charge in [-0.05, 0) is 52.7 Å². The number of halogens is 2. The summed E-state index contributed by atoms with van der Waals surface area (Å²) in [5.74, 6) is -1.43. The molecule has 0 aliphatic heterocycles. The quantitative estimate of drug-likeness (QED) is 0.526. The Bertz CT molecular complexity index is 1040. The van der Waals surface area contributed by atoms with Crippen LogP contribution in [-0.2, 0) is 0 Å². The molecule has 112 valence electrons. The number of benzene rings is 3. The van der Waals surface area contributed by atoms with E-state index in [4.69, 9.17) is 23.2 Å². The summed E-state index contributed by atoms with van der Waals surface area (Å²) in [6.07, 6.45) is 0. The molecule has 5 heteroatoms. The monoisotopic (exact) mass is 342 g/mol. The van der Waals surface area contributed by atoms with Crippen LogP contribution in [0.15, 0.2) is 42.5 Å². The van der Waals surface area contributed by atoms with Crippen LogP contribution in [-0.4, -0.2) is 16.9 Å². The van der Waals surface area contributed by atoms with Crippen LogP contribution in [0.1, 0.15) is 26.3 Å². The minimum Gasteiger partial charge on any atom is -0.478 e. The molecule has 23 heavy (non-hydrogen) atoms. The number of hydrogen-bond donors (Lipinski definition) is 1. The molecule has 0 atom stereocenters. The van der Waals surface area contributed by atoms with Crippen molar-refractivity contribution < 1.29 is 14.7 Å². The molecule has 0 amide bonds. The van der Waals surface area contributed by atoms with Crippen LogP contribution in [0, 0.1) is 0 Å². The van der Waals surface area contributed by atoms with E-state index in [0.29, 0.717) is 32.1 Å². The predicted molar refractivity (Wildman–Crippen MR) is 89.8 cm³/mol. The molecule has 0 unspecified atom stereocenters. The fourth-order valence-corrected chi connectivity index (χ4v) is 3.47. The van der Waals surface area contributed by atoms with E-state index in [9.17, 15) is 14.7 Å². The molecule has 0 heterocycles. The lowest BCUT2D eigenvalue weighted by Gasteiger charge is -2.09. The predicted octanol–water partition coefficient (Wildman–Crippen LogP) is 5.06. The third-order valence-corrected chi connectivity index (χ3v) is 4.53. The van der Waals surface area contributed by atoms with E-state index in [-0.39, 0.29) is 16.9 Å². The van der Waals surface area contributed by atoms with Crippen molar-refractivity contribution in [1.29, 1.82) is 0 Å². The van der Waals surface area contributed by atoms with E-state index >= 15 is 0 Å². The Morgan fingerprint density at radius 3 is 2.30 bits per heavy atom. The van der Waals surface area contributed by atoms with Crippen LogP contribution < -0.4 is 0 Å². The van der Waals surface area contributed by atoms with Gasteiger partial charge in [-0.2, -0.15) is 0 Å². The zero-order chi connectivity index (χ0) is 16.3. The largest absolute Gasteiger partial charge is 0.478 e. The van der Waals surface area contributed by atoms with Gasteiger partial charge in [-0.3, -0.25) is 4.79 Å². The first-order valence-electron chi connectivity index (χ1n) is 6.81. The second kappa shape index (κ2) is 4.82. The number of fused-ring (bicyclic) bond motifs is 5. The van der Waals surface area contributed by atoms with Crippen LogP contribution in [0.3, 0.4) is 0 Å². The maximum absolute atomic E-state index is 12.7. The minimum absolute atomic E-state index is 0.0212. The zero-order valence-electron chi connectivity index (χ0n) is 11.6. The molecule has 0 radical (unpaired) electrons. The number of aromatic carboxylic acids is 1. The van der Waals surface area contributed by atoms with E-state index in [0.717, 1.165) is 5.39 Å². The first kappa shape index (κ1) is 14.2. The first-order chi connectivity index (χ1) is 11.0. The van der Waals surface area contributed by atoms with Gasteiger partial charge >= 0.3 is 5.97 Å². The molecule has 3 aromatic carbocycles. The highest BCUT2D eigenvalue weighted by Gasteiger charge is 2.33. The highest BCUT2D eigenvalue weighted by atomic mass is 35.5. The SMILES string of the molecule is O=C(O)c1cc2cc(Cl)ccc2c2c1C(=O)c1ccc(Cl)cc1-2. The van der Waals surface area contributed by atoms with Crippen molar-refractivity contribution in [3.05, 3.63) is 69.2 Å². The van der Waals surface area contributed by atoms with Gasteiger partial charge in [0, 0.05) is 26.7 Å². The third-order valence-electron chi connectivity index (χ3n) is 4.06. The van der Waals surface area contributed by atoms with Crippen LogP contribution >= 0.6 is 23.2 Å². The minimum atomic E-state index is -1.14. The van der Waals surface area contributed by atoms with Crippen molar-refractivity contribution >= 4 is 45.7 Å². The number of ketones is 1. The fraction of sp³-hybridized carbons (Fsp3) is 0. The molecular weight excluding hydrogens is 335 g/mol. The van der Waals surface area contributed by atoms with Crippen molar-refractivity contribution in [2.45, 2.75) is 0 Å². The number of rotatable bonds is 1. The highest BCUT2D eigenvalue weighted by molar-refractivity contribution is 6.34. The summed E-state index contributed by atoms with van der Waals surface area (Å²) in [5.41, 5.74) is 1.93. The summed E-state index contributed by atoms with van der Waals surface area (Å²) in [5, 5.41) is 12.0. The van der Waals surface area contributed by atoms with Gasteiger partial charge in [0.15, 0.2) is 5.78 Å². The second-order valence-corrected chi connectivity index (χ2v) is 6.24. The Morgan fingerprint density at radius 1 is 0.870 bits per heavy atom.